The van der Waals surface area contributed by atoms with Crippen LogP contribution in [0.4, 0.5) is 10.1 Å². The van der Waals surface area contributed by atoms with Crippen molar-refractivity contribution in [2.45, 2.75) is 32.6 Å². The fourth-order valence-electron chi connectivity index (χ4n) is 2.80. The van der Waals surface area contributed by atoms with Gasteiger partial charge in [-0.2, -0.15) is 0 Å². The van der Waals surface area contributed by atoms with E-state index < -0.39 is 5.82 Å². The predicted octanol–water partition coefficient (Wildman–Crippen LogP) is 2.96. The fraction of sp³-hybridized carbons (Fsp3) is 0.533. The first-order valence-electron chi connectivity index (χ1n) is 6.89. The quantitative estimate of drug-likeness (QED) is 0.825. The first-order chi connectivity index (χ1) is 9.06. The van der Waals surface area contributed by atoms with Gasteiger partial charge in [-0.15, -0.1) is 0 Å². The average molecular weight is 264 g/mol. The summed E-state index contributed by atoms with van der Waals surface area (Å²) in [6, 6.07) is 3.87. The molecule has 1 amide bonds. The van der Waals surface area contributed by atoms with Crippen LogP contribution in [-0.2, 0) is 0 Å². The van der Waals surface area contributed by atoms with E-state index in [1.54, 1.807) is 0 Å². The molecule has 1 saturated carbocycles. The molecule has 1 aliphatic carbocycles. The average Bonchev–Trinajstić information content (AvgIpc) is 2.39. The maximum atomic E-state index is 13.1. The van der Waals surface area contributed by atoms with Crippen LogP contribution < -0.4 is 11.1 Å². The summed E-state index contributed by atoms with van der Waals surface area (Å²) in [7, 11) is 0. The molecule has 0 saturated heterocycles. The van der Waals surface area contributed by atoms with Crippen molar-refractivity contribution >= 4 is 11.6 Å². The van der Waals surface area contributed by atoms with Crippen LogP contribution in [0.25, 0.3) is 0 Å². The molecule has 0 spiro atoms. The molecule has 1 aromatic carbocycles. The molecule has 0 radical (unpaired) electrons. The molecule has 1 aromatic rings. The Balaban J connectivity index is 1.92. The number of nitrogens with two attached hydrogens (primary N) is 1. The van der Waals surface area contributed by atoms with E-state index in [-0.39, 0.29) is 11.5 Å². The van der Waals surface area contributed by atoms with Crippen LogP contribution in [0.3, 0.4) is 0 Å². The molecule has 1 fully saturated rings. The van der Waals surface area contributed by atoms with Crippen molar-refractivity contribution in [3.8, 4) is 0 Å². The Morgan fingerprint density at radius 3 is 3.00 bits per heavy atom. The Kier molecular flexibility index (Phi) is 4.40. The van der Waals surface area contributed by atoms with Crippen LogP contribution in [0.5, 0.6) is 0 Å². The summed E-state index contributed by atoms with van der Waals surface area (Å²) >= 11 is 0. The van der Waals surface area contributed by atoms with Crippen LogP contribution in [0.1, 0.15) is 43.0 Å². The van der Waals surface area contributed by atoms with Crippen LogP contribution >= 0.6 is 0 Å². The lowest BCUT2D eigenvalue weighted by Gasteiger charge is -2.26. The highest BCUT2D eigenvalue weighted by molar-refractivity contribution is 5.99. The number of carbonyl (C=O) groups is 1. The van der Waals surface area contributed by atoms with Gasteiger partial charge in [-0.1, -0.05) is 19.8 Å². The van der Waals surface area contributed by atoms with E-state index in [2.05, 4.69) is 12.2 Å². The molecule has 2 rings (SSSR count). The molecular weight excluding hydrogens is 243 g/mol. The molecule has 0 aliphatic heterocycles. The van der Waals surface area contributed by atoms with Gasteiger partial charge in [0.15, 0.2) is 0 Å². The summed E-state index contributed by atoms with van der Waals surface area (Å²) in [6.07, 6.45) is 4.81. The van der Waals surface area contributed by atoms with Crippen molar-refractivity contribution in [2.75, 3.05) is 12.3 Å². The Hall–Kier alpha value is -1.58. The highest BCUT2D eigenvalue weighted by Crippen LogP contribution is 2.28. The highest BCUT2D eigenvalue weighted by atomic mass is 19.1. The summed E-state index contributed by atoms with van der Waals surface area (Å²) in [5, 5.41) is 2.87. The molecule has 2 unspecified atom stereocenters. The normalized spacial score (nSPS) is 23.1. The lowest BCUT2D eigenvalue weighted by molar-refractivity contribution is 0.0941. The fourth-order valence-corrected chi connectivity index (χ4v) is 2.80. The summed E-state index contributed by atoms with van der Waals surface area (Å²) < 4.78 is 13.1. The van der Waals surface area contributed by atoms with Gasteiger partial charge in [0, 0.05) is 12.2 Å². The highest BCUT2D eigenvalue weighted by Gasteiger charge is 2.20. The lowest BCUT2D eigenvalue weighted by atomic mass is 9.82. The second-order valence-electron chi connectivity index (χ2n) is 5.58. The summed E-state index contributed by atoms with van der Waals surface area (Å²) in [5.41, 5.74) is 6.24. The molecule has 4 heteroatoms. The Morgan fingerprint density at radius 2 is 2.26 bits per heavy atom. The SMILES string of the molecule is CC1CCCC(CNC(=O)c2cc(F)ccc2N)C1. The number of nitrogen functional groups attached to an aromatic ring is 1. The molecule has 2 atom stereocenters. The minimum absolute atomic E-state index is 0.226. The number of carbonyl (C=O) groups excluding carboxylic acids is 1. The van der Waals surface area contributed by atoms with Crippen molar-refractivity contribution in [3.63, 3.8) is 0 Å². The molecule has 0 aromatic heterocycles. The van der Waals surface area contributed by atoms with E-state index in [1.807, 2.05) is 0 Å². The standard InChI is InChI=1S/C15H21FN2O/c1-10-3-2-4-11(7-10)9-18-15(19)13-8-12(16)5-6-14(13)17/h5-6,8,10-11H,2-4,7,9,17H2,1H3,(H,18,19). The van der Waals surface area contributed by atoms with Crippen molar-refractivity contribution in [1.29, 1.82) is 0 Å². The zero-order valence-electron chi connectivity index (χ0n) is 11.3. The monoisotopic (exact) mass is 264 g/mol. The molecule has 3 nitrogen and oxygen atoms in total. The number of halogens is 1. The van der Waals surface area contributed by atoms with Crippen LogP contribution in [0.2, 0.25) is 0 Å². The zero-order chi connectivity index (χ0) is 13.8. The third kappa shape index (κ3) is 3.69. The van der Waals surface area contributed by atoms with E-state index >= 15 is 0 Å². The van der Waals surface area contributed by atoms with E-state index in [4.69, 9.17) is 5.73 Å². The van der Waals surface area contributed by atoms with Crippen molar-refractivity contribution in [2.24, 2.45) is 11.8 Å². The van der Waals surface area contributed by atoms with Crippen molar-refractivity contribution in [3.05, 3.63) is 29.6 Å². The molecule has 0 bridgehead atoms. The maximum absolute atomic E-state index is 13.1. The van der Waals surface area contributed by atoms with Gasteiger partial charge in [0.1, 0.15) is 5.82 Å². The Bertz CT molecular complexity index is 461. The zero-order valence-corrected chi connectivity index (χ0v) is 11.3. The molecular formula is C15H21FN2O. The van der Waals surface area contributed by atoms with E-state index in [9.17, 15) is 9.18 Å². The van der Waals surface area contributed by atoms with Gasteiger partial charge in [0.2, 0.25) is 0 Å². The van der Waals surface area contributed by atoms with Gasteiger partial charge >= 0.3 is 0 Å². The first-order valence-corrected chi connectivity index (χ1v) is 6.89. The maximum Gasteiger partial charge on any atom is 0.253 e. The molecule has 19 heavy (non-hydrogen) atoms. The topological polar surface area (TPSA) is 55.1 Å². The second-order valence-corrected chi connectivity index (χ2v) is 5.58. The van der Waals surface area contributed by atoms with Crippen LogP contribution in [0, 0.1) is 17.7 Å². The van der Waals surface area contributed by atoms with E-state index in [0.29, 0.717) is 18.2 Å². The number of benzene rings is 1. The summed E-state index contributed by atoms with van der Waals surface area (Å²) in [6.45, 7) is 2.90. The lowest BCUT2D eigenvalue weighted by Crippen LogP contribution is -2.32. The number of hydrogen-bond acceptors (Lipinski definition) is 2. The molecule has 3 N–H and O–H groups in total. The smallest absolute Gasteiger partial charge is 0.253 e. The number of amides is 1. The number of nitrogens with one attached hydrogen (secondary N) is 1. The van der Waals surface area contributed by atoms with Gasteiger partial charge in [-0.25, -0.2) is 4.39 Å². The third-order valence-corrected chi connectivity index (χ3v) is 3.86. The first kappa shape index (κ1) is 13.8. The molecule has 0 heterocycles. The molecule has 104 valence electrons. The second kappa shape index (κ2) is 6.04. The van der Waals surface area contributed by atoms with Crippen LogP contribution in [0.15, 0.2) is 18.2 Å². The van der Waals surface area contributed by atoms with E-state index in [1.165, 1.54) is 31.0 Å². The summed E-state index contributed by atoms with van der Waals surface area (Å²) in [4.78, 5) is 12.0. The number of rotatable bonds is 3. The Morgan fingerprint density at radius 1 is 1.47 bits per heavy atom. The largest absolute Gasteiger partial charge is 0.398 e. The van der Waals surface area contributed by atoms with Gasteiger partial charge in [0.25, 0.3) is 5.91 Å². The van der Waals surface area contributed by atoms with Crippen molar-refractivity contribution in [1.82, 2.24) is 5.32 Å². The molecule has 1 aliphatic rings. The van der Waals surface area contributed by atoms with Gasteiger partial charge in [-0.05, 0) is 42.9 Å². The third-order valence-electron chi connectivity index (χ3n) is 3.86. The van der Waals surface area contributed by atoms with Gasteiger partial charge < -0.3 is 11.1 Å². The minimum atomic E-state index is -0.439. The summed E-state index contributed by atoms with van der Waals surface area (Å²) in [5.74, 6) is 0.540. The number of anilines is 1. The van der Waals surface area contributed by atoms with E-state index in [0.717, 1.165) is 18.8 Å². The number of hydrogen-bond donors (Lipinski definition) is 2. The Labute approximate surface area is 113 Å². The van der Waals surface area contributed by atoms with Gasteiger partial charge in [-0.3, -0.25) is 4.79 Å². The minimum Gasteiger partial charge on any atom is -0.398 e. The predicted molar refractivity (Wildman–Crippen MR) is 74.3 cm³/mol. The van der Waals surface area contributed by atoms with Crippen molar-refractivity contribution < 1.29 is 9.18 Å². The van der Waals surface area contributed by atoms with Gasteiger partial charge in [0.05, 0.1) is 5.56 Å². The van der Waals surface area contributed by atoms with Crippen LogP contribution in [-0.4, -0.2) is 12.5 Å².